The number of carbonyl (C=O) groups is 1. The molecule has 0 bridgehead atoms. The second-order valence-electron chi connectivity index (χ2n) is 9.49. The van der Waals surface area contributed by atoms with Crippen LogP contribution in [0.3, 0.4) is 0 Å². The molecule has 0 unspecified atom stereocenters. The highest BCUT2D eigenvalue weighted by Crippen LogP contribution is 2.35. The minimum Gasteiger partial charge on any atom is -0.335 e. The van der Waals surface area contributed by atoms with Crippen LogP contribution in [-0.4, -0.2) is 18.6 Å². The Labute approximate surface area is 180 Å². The van der Waals surface area contributed by atoms with E-state index < -0.39 is 0 Å². The predicted molar refractivity (Wildman–Crippen MR) is 124 cm³/mol. The molecule has 2 aliphatic carbocycles. The number of nitrogens with one attached hydrogen (secondary N) is 1. The van der Waals surface area contributed by atoms with Crippen molar-refractivity contribution < 1.29 is 4.79 Å². The number of amides is 2. The standard InChI is InChI=1S/C27H34N2O/c30-27(28-25-9-5-2-6-10-25)29-18-17-24-19-23(15-16-26(24)29)22-13-11-21(12-14-22)20-7-3-1-4-8-20/h11-16,19-20,25H,1-10,17-18H2,(H,28,30). The lowest BCUT2D eigenvalue weighted by atomic mass is 9.83. The number of carbonyl (C=O) groups excluding carboxylic acids is 1. The van der Waals surface area contributed by atoms with Gasteiger partial charge in [0, 0.05) is 18.3 Å². The molecule has 1 N–H and O–H groups in total. The van der Waals surface area contributed by atoms with Gasteiger partial charge in [-0.25, -0.2) is 4.79 Å². The first-order valence-electron chi connectivity index (χ1n) is 12.1. The highest BCUT2D eigenvalue weighted by Gasteiger charge is 2.27. The second-order valence-corrected chi connectivity index (χ2v) is 9.49. The van der Waals surface area contributed by atoms with Gasteiger partial charge < -0.3 is 5.32 Å². The van der Waals surface area contributed by atoms with E-state index in [9.17, 15) is 4.79 Å². The molecular formula is C27H34N2O. The summed E-state index contributed by atoms with van der Waals surface area (Å²) in [4.78, 5) is 14.8. The van der Waals surface area contributed by atoms with E-state index in [0.29, 0.717) is 6.04 Å². The van der Waals surface area contributed by atoms with E-state index in [1.807, 2.05) is 4.90 Å². The maximum atomic E-state index is 12.8. The van der Waals surface area contributed by atoms with Crippen molar-refractivity contribution in [2.24, 2.45) is 0 Å². The Morgan fingerprint density at radius 2 is 1.47 bits per heavy atom. The molecule has 2 fully saturated rings. The van der Waals surface area contributed by atoms with E-state index >= 15 is 0 Å². The molecule has 2 aromatic rings. The van der Waals surface area contributed by atoms with Crippen LogP contribution in [0.4, 0.5) is 10.5 Å². The maximum Gasteiger partial charge on any atom is 0.322 e. The molecule has 3 heteroatoms. The van der Waals surface area contributed by atoms with Crippen LogP contribution in [0.5, 0.6) is 0 Å². The zero-order valence-corrected chi connectivity index (χ0v) is 18.0. The van der Waals surface area contributed by atoms with Crippen LogP contribution in [0.25, 0.3) is 11.1 Å². The third kappa shape index (κ3) is 4.12. The van der Waals surface area contributed by atoms with Crippen molar-refractivity contribution in [3.05, 3.63) is 53.6 Å². The van der Waals surface area contributed by atoms with Crippen LogP contribution >= 0.6 is 0 Å². The summed E-state index contributed by atoms with van der Waals surface area (Å²) in [5, 5.41) is 3.27. The van der Waals surface area contributed by atoms with Crippen molar-refractivity contribution >= 4 is 11.7 Å². The van der Waals surface area contributed by atoms with Gasteiger partial charge in [0.05, 0.1) is 0 Å². The Morgan fingerprint density at radius 3 is 2.20 bits per heavy atom. The topological polar surface area (TPSA) is 32.3 Å². The van der Waals surface area contributed by atoms with Crippen LogP contribution in [0, 0.1) is 0 Å². The highest BCUT2D eigenvalue weighted by molar-refractivity contribution is 5.95. The lowest BCUT2D eigenvalue weighted by Crippen LogP contribution is -2.45. The van der Waals surface area contributed by atoms with Crippen molar-refractivity contribution in [1.29, 1.82) is 0 Å². The summed E-state index contributed by atoms with van der Waals surface area (Å²) in [5.41, 5.74) is 6.43. The molecule has 30 heavy (non-hydrogen) atoms. The lowest BCUT2D eigenvalue weighted by molar-refractivity contribution is 0.238. The number of anilines is 1. The molecule has 2 aromatic carbocycles. The molecular weight excluding hydrogens is 368 g/mol. The Kier molecular flexibility index (Phi) is 5.79. The summed E-state index contributed by atoms with van der Waals surface area (Å²) < 4.78 is 0. The van der Waals surface area contributed by atoms with E-state index in [1.54, 1.807) is 0 Å². The average Bonchev–Trinajstić information content (AvgIpc) is 3.24. The predicted octanol–water partition coefficient (Wildman–Crippen LogP) is 6.81. The van der Waals surface area contributed by atoms with Gasteiger partial charge in [-0.05, 0) is 72.4 Å². The largest absolute Gasteiger partial charge is 0.335 e. The Balaban J connectivity index is 1.28. The number of rotatable bonds is 3. The Morgan fingerprint density at radius 1 is 0.800 bits per heavy atom. The Bertz CT molecular complexity index is 876. The van der Waals surface area contributed by atoms with E-state index in [-0.39, 0.29) is 6.03 Å². The molecule has 5 rings (SSSR count). The van der Waals surface area contributed by atoms with Gasteiger partial charge in [-0.2, -0.15) is 0 Å². The smallest absolute Gasteiger partial charge is 0.322 e. The van der Waals surface area contributed by atoms with Gasteiger partial charge in [-0.1, -0.05) is 68.9 Å². The van der Waals surface area contributed by atoms with E-state index in [0.717, 1.165) is 37.4 Å². The molecule has 1 aliphatic heterocycles. The first kappa shape index (κ1) is 19.7. The maximum absolute atomic E-state index is 12.8. The van der Waals surface area contributed by atoms with E-state index in [4.69, 9.17) is 0 Å². The zero-order valence-electron chi connectivity index (χ0n) is 18.0. The van der Waals surface area contributed by atoms with Crippen molar-refractivity contribution in [2.75, 3.05) is 11.4 Å². The second kappa shape index (κ2) is 8.83. The third-order valence-corrected chi connectivity index (χ3v) is 7.47. The average molecular weight is 403 g/mol. The quantitative estimate of drug-likeness (QED) is 0.601. The molecule has 158 valence electrons. The van der Waals surface area contributed by atoms with Crippen molar-refractivity contribution in [2.45, 2.75) is 82.6 Å². The normalized spacial score (nSPS) is 20.2. The Hall–Kier alpha value is -2.29. The minimum absolute atomic E-state index is 0.0882. The van der Waals surface area contributed by atoms with Crippen molar-refractivity contribution in [3.8, 4) is 11.1 Å². The fourth-order valence-electron chi connectivity index (χ4n) is 5.68. The summed E-state index contributed by atoms with van der Waals surface area (Å²) in [6.45, 7) is 0.790. The van der Waals surface area contributed by atoms with Gasteiger partial charge in [0.25, 0.3) is 0 Å². The van der Waals surface area contributed by atoms with E-state index in [1.165, 1.54) is 73.6 Å². The number of fused-ring (bicyclic) bond motifs is 1. The molecule has 2 saturated carbocycles. The van der Waals surface area contributed by atoms with Gasteiger partial charge in [-0.15, -0.1) is 0 Å². The summed E-state index contributed by atoms with van der Waals surface area (Å²) in [6, 6.07) is 16.3. The fourth-order valence-corrected chi connectivity index (χ4v) is 5.68. The summed E-state index contributed by atoms with van der Waals surface area (Å²) in [6.07, 6.45) is 13.8. The molecule has 0 saturated heterocycles. The SMILES string of the molecule is O=C(NC1CCCCC1)N1CCc2cc(-c3ccc(C4CCCCC4)cc3)ccc21. The number of nitrogens with zero attached hydrogens (tertiary/aromatic N) is 1. The monoisotopic (exact) mass is 402 g/mol. The van der Waals surface area contributed by atoms with Crippen LogP contribution in [0.15, 0.2) is 42.5 Å². The first-order valence-corrected chi connectivity index (χ1v) is 12.1. The van der Waals surface area contributed by atoms with Crippen LogP contribution in [0.2, 0.25) is 0 Å². The molecule has 0 atom stereocenters. The van der Waals surface area contributed by atoms with Crippen LogP contribution in [-0.2, 0) is 6.42 Å². The number of urea groups is 1. The molecule has 3 nitrogen and oxygen atoms in total. The van der Waals surface area contributed by atoms with Gasteiger partial charge in [0.1, 0.15) is 0 Å². The number of hydrogen-bond donors (Lipinski definition) is 1. The van der Waals surface area contributed by atoms with Crippen LogP contribution < -0.4 is 10.2 Å². The third-order valence-electron chi connectivity index (χ3n) is 7.47. The first-order chi connectivity index (χ1) is 14.8. The molecule has 1 heterocycles. The minimum atomic E-state index is 0.0882. The van der Waals surface area contributed by atoms with E-state index in [2.05, 4.69) is 47.8 Å². The molecule has 0 radical (unpaired) electrons. The molecule has 2 amide bonds. The van der Waals surface area contributed by atoms with Gasteiger partial charge in [-0.3, -0.25) is 4.90 Å². The highest BCUT2D eigenvalue weighted by atomic mass is 16.2. The molecule has 0 aromatic heterocycles. The molecule has 3 aliphatic rings. The van der Waals surface area contributed by atoms with Crippen molar-refractivity contribution in [3.63, 3.8) is 0 Å². The fraction of sp³-hybridized carbons (Fsp3) is 0.519. The number of benzene rings is 2. The zero-order chi connectivity index (χ0) is 20.3. The van der Waals surface area contributed by atoms with Gasteiger partial charge in [0.2, 0.25) is 0 Å². The van der Waals surface area contributed by atoms with Crippen LogP contribution in [0.1, 0.15) is 81.3 Å². The summed E-state index contributed by atoms with van der Waals surface area (Å²) in [7, 11) is 0. The summed E-state index contributed by atoms with van der Waals surface area (Å²) in [5.74, 6) is 0.754. The van der Waals surface area contributed by atoms with Crippen molar-refractivity contribution in [1.82, 2.24) is 5.32 Å². The van der Waals surface area contributed by atoms with Gasteiger partial charge >= 0.3 is 6.03 Å². The lowest BCUT2D eigenvalue weighted by Gasteiger charge is -2.26. The van der Waals surface area contributed by atoms with Gasteiger partial charge in [0.15, 0.2) is 0 Å². The molecule has 0 spiro atoms. The summed E-state index contributed by atoms with van der Waals surface area (Å²) >= 11 is 0. The number of hydrogen-bond acceptors (Lipinski definition) is 1.